The van der Waals surface area contributed by atoms with Crippen molar-refractivity contribution in [1.29, 1.82) is 0 Å². The number of hydrogen-bond donors (Lipinski definition) is 0. The number of carbonyl (C=O) groups is 1. The largest absolute Gasteiger partial charge is 0.494 e. The fourth-order valence-electron chi connectivity index (χ4n) is 2.81. The van der Waals surface area contributed by atoms with Crippen molar-refractivity contribution in [1.82, 2.24) is 14.8 Å². The second-order valence-electron chi connectivity index (χ2n) is 6.04. The van der Waals surface area contributed by atoms with E-state index >= 15 is 0 Å². The topological polar surface area (TPSA) is 45.7 Å². The number of benzene rings is 1. The molecule has 2 heterocycles. The maximum absolute atomic E-state index is 12.8. The summed E-state index contributed by atoms with van der Waals surface area (Å²) in [7, 11) is 0. The summed E-state index contributed by atoms with van der Waals surface area (Å²) >= 11 is 1.51. The predicted octanol–water partition coefficient (Wildman–Crippen LogP) is 2.82. The van der Waals surface area contributed by atoms with Gasteiger partial charge in [-0.3, -0.25) is 9.69 Å². The highest BCUT2D eigenvalue weighted by atomic mass is 32.1. The monoisotopic (exact) mass is 363 g/mol. The fraction of sp³-hybridized carbons (Fsp3) is 0.444. The lowest BCUT2D eigenvalue weighted by molar-refractivity contribution is 0.0625. The molecule has 5 nitrogen and oxygen atoms in total. The molecule has 1 aromatic heterocycles. The van der Waals surface area contributed by atoms with Gasteiger partial charge >= 0.3 is 0 Å². The zero-order valence-corrected chi connectivity index (χ0v) is 15.1. The van der Waals surface area contributed by atoms with E-state index in [-0.39, 0.29) is 11.7 Å². The molecule has 1 aliphatic heterocycles. The van der Waals surface area contributed by atoms with Gasteiger partial charge in [-0.1, -0.05) is 0 Å². The number of piperazine rings is 1. The number of hydrogen-bond acceptors (Lipinski definition) is 5. The first kappa shape index (κ1) is 17.8. The van der Waals surface area contributed by atoms with Crippen LogP contribution in [-0.2, 0) is 0 Å². The van der Waals surface area contributed by atoms with Gasteiger partial charge in [0.25, 0.3) is 5.91 Å². The number of rotatable bonds is 6. The number of aromatic nitrogens is 1. The molecule has 1 amide bonds. The van der Waals surface area contributed by atoms with Crippen LogP contribution in [0.4, 0.5) is 4.39 Å². The Balaban J connectivity index is 1.35. The zero-order valence-electron chi connectivity index (χ0n) is 14.3. The van der Waals surface area contributed by atoms with Crippen LogP contribution in [0.2, 0.25) is 0 Å². The Morgan fingerprint density at radius 1 is 1.24 bits per heavy atom. The summed E-state index contributed by atoms with van der Waals surface area (Å²) in [6.45, 7) is 6.63. The first-order chi connectivity index (χ1) is 12.1. The Morgan fingerprint density at radius 3 is 2.60 bits per heavy atom. The summed E-state index contributed by atoms with van der Waals surface area (Å²) in [6, 6.07) is 6.07. The van der Waals surface area contributed by atoms with Gasteiger partial charge in [-0.2, -0.15) is 0 Å². The molecule has 0 atom stereocenters. The third kappa shape index (κ3) is 4.99. The van der Waals surface area contributed by atoms with Gasteiger partial charge in [0.05, 0.1) is 11.6 Å². The van der Waals surface area contributed by atoms with Gasteiger partial charge in [-0.05, 0) is 37.6 Å². The van der Waals surface area contributed by atoms with Gasteiger partial charge < -0.3 is 9.64 Å². The number of nitrogens with zero attached hydrogens (tertiary/aromatic N) is 3. The van der Waals surface area contributed by atoms with E-state index in [0.29, 0.717) is 18.1 Å². The predicted molar refractivity (Wildman–Crippen MR) is 95.7 cm³/mol. The van der Waals surface area contributed by atoms with Crippen molar-refractivity contribution in [3.8, 4) is 5.75 Å². The molecule has 0 unspecified atom stereocenters. The Labute approximate surface area is 151 Å². The first-order valence-corrected chi connectivity index (χ1v) is 9.32. The maximum atomic E-state index is 12.8. The lowest BCUT2D eigenvalue weighted by Gasteiger charge is -2.34. The van der Waals surface area contributed by atoms with E-state index in [9.17, 15) is 9.18 Å². The molecular weight excluding hydrogens is 341 g/mol. The van der Waals surface area contributed by atoms with E-state index in [2.05, 4.69) is 9.88 Å². The first-order valence-electron chi connectivity index (χ1n) is 8.44. The number of amides is 1. The normalized spacial score (nSPS) is 15.4. The van der Waals surface area contributed by atoms with Crippen LogP contribution in [0.1, 0.15) is 21.9 Å². The molecule has 0 saturated carbocycles. The fourth-order valence-corrected chi connectivity index (χ4v) is 3.39. The molecule has 25 heavy (non-hydrogen) atoms. The lowest BCUT2D eigenvalue weighted by atomic mass is 10.2. The molecule has 2 aromatic rings. The summed E-state index contributed by atoms with van der Waals surface area (Å²) in [5.41, 5.74) is 0.559. The zero-order chi connectivity index (χ0) is 17.6. The van der Waals surface area contributed by atoms with Crippen molar-refractivity contribution in [2.75, 3.05) is 39.3 Å². The van der Waals surface area contributed by atoms with Crippen LogP contribution >= 0.6 is 11.3 Å². The Kier molecular flexibility index (Phi) is 5.99. The molecule has 0 bridgehead atoms. The van der Waals surface area contributed by atoms with Crippen LogP contribution in [0.15, 0.2) is 29.6 Å². The SMILES string of the molecule is Cc1nc(C(=O)N2CCN(CCCOc3ccc(F)cc3)CC2)cs1. The molecule has 3 rings (SSSR count). The third-order valence-corrected chi connectivity index (χ3v) is 4.97. The minimum absolute atomic E-state index is 0.0312. The quantitative estimate of drug-likeness (QED) is 0.741. The molecule has 7 heteroatoms. The smallest absolute Gasteiger partial charge is 0.273 e. The molecule has 0 radical (unpaired) electrons. The molecule has 0 N–H and O–H groups in total. The van der Waals surface area contributed by atoms with Gasteiger partial charge in [0, 0.05) is 38.1 Å². The van der Waals surface area contributed by atoms with E-state index in [1.165, 1.54) is 23.5 Å². The maximum Gasteiger partial charge on any atom is 0.273 e. The Morgan fingerprint density at radius 2 is 1.96 bits per heavy atom. The van der Waals surface area contributed by atoms with Crippen LogP contribution in [0.25, 0.3) is 0 Å². The van der Waals surface area contributed by atoms with Crippen molar-refractivity contribution in [2.24, 2.45) is 0 Å². The summed E-state index contributed by atoms with van der Waals surface area (Å²) in [6.07, 6.45) is 0.899. The van der Waals surface area contributed by atoms with Gasteiger partial charge in [0.2, 0.25) is 0 Å². The van der Waals surface area contributed by atoms with Crippen molar-refractivity contribution in [3.05, 3.63) is 46.2 Å². The van der Waals surface area contributed by atoms with Crippen molar-refractivity contribution in [3.63, 3.8) is 0 Å². The highest BCUT2D eigenvalue weighted by Gasteiger charge is 2.23. The standard InChI is InChI=1S/C18H22FN3O2S/c1-14-20-17(13-25-14)18(23)22-10-8-21(9-11-22)7-2-12-24-16-5-3-15(19)4-6-16/h3-6,13H,2,7-12H2,1H3. The molecule has 0 spiro atoms. The molecule has 0 aliphatic carbocycles. The van der Waals surface area contributed by atoms with Crippen LogP contribution in [0.5, 0.6) is 5.75 Å². The highest BCUT2D eigenvalue weighted by Crippen LogP contribution is 2.13. The Hall–Kier alpha value is -1.99. The highest BCUT2D eigenvalue weighted by molar-refractivity contribution is 7.09. The van der Waals surface area contributed by atoms with Crippen molar-refractivity contribution >= 4 is 17.2 Å². The van der Waals surface area contributed by atoms with E-state index in [1.54, 1.807) is 12.1 Å². The number of ether oxygens (including phenoxy) is 1. The summed E-state index contributed by atoms with van der Waals surface area (Å²) in [5, 5.41) is 2.75. The molecule has 1 fully saturated rings. The molecule has 1 aliphatic rings. The van der Waals surface area contributed by atoms with Crippen LogP contribution in [0, 0.1) is 12.7 Å². The van der Waals surface area contributed by atoms with E-state index < -0.39 is 0 Å². The Bertz CT molecular complexity index is 697. The average Bonchev–Trinajstić information content (AvgIpc) is 3.06. The van der Waals surface area contributed by atoms with Crippen LogP contribution in [0.3, 0.4) is 0 Å². The summed E-state index contributed by atoms with van der Waals surface area (Å²) in [5.74, 6) is 0.464. The molecule has 1 aromatic carbocycles. The van der Waals surface area contributed by atoms with E-state index in [0.717, 1.165) is 44.2 Å². The van der Waals surface area contributed by atoms with Gasteiger partial charge in [-0.25, -0.2) is 9.37 Å². The number of thiazole rings is 1. The second kappa shape index (κ2) is 8.40. The van der Waals surface area contributed by atoms with Crippen molar-refractivity contribution < 1.29 is 13.9 Å². The number of halogens is 1. The van der Waals surface area contributed by atoms with Gasteiger partial charge in [-0.15, -0.1) is 11.3 Å². The second-order valence-corrected chi connectivity index (χ2v) is 7.10. The average molecular weight is 363 g/mol. The van der Waals surface area contributed by atoms with E-state index in [4.69, 9.17) is 4.74 Å². The third-order valence-electron chi connectivity index (χ3n) is 4.20. The van der Waals surface area contributed by atoms with Crippen molar-refractivity contribution in [2.45, 2.75) is 13.3 Å². The molecule has 134 valence electrons. The number of carbonyl (C=O) groups excluding carboxylic acids is 1. The molecular formula is C18H22FN3O2S. The van der Waals surface area contributed by atoms with E-state index in [1.807, 2.05) is 17.2 Å². The van der Waals surface area contributed by atoms with Gasteiger partial charge in [0.1, 0.15) is 17.3 Å². The number of aryl methyl sites for hydroxylation is 1. The van der Waals surface area contributed by atoms with Crippen LogP contribution in [-0.4, -0.2) is 60.0 Å². The van der Waals surface area contributed by atoms with Gasteiger partial charge in [0.15, 0.2) is 0 Å². The summed E-state index contributed by atoms with van der Waals surface area (Å²) in [4.78, 5) is 20.9. The lowest BCUT2D eigenvalue weighted by Crippen LogP contribution is -2.49. The summed E-state index contributed by atoms with van der Waals surface area (Å²) < 4.78 is 18.4. The minimum atomic E-state index is -0.257. The molecule has 1 saturated heterocycles. The minimum Gasteiger partial charge on any atom is -0.494 e. The van der Waals surface area contributed by atoms with Crippen LogP contribution < -0.4 is 4.74 Å².